The van der Waals surface area contributed by atoms with Crippen LogP contribution in [0.3, 0.4) is 0 Å². The van der Waals surface area contributed by atoms with E-state index >= 15 is 0 Å². The number of piperidine rings is 1. The van der Waals surface area contributed by atoms with Gasteiger partial charge in [0, 0.05) is 6.54 Å². The summed E-state index contributed by atoms with van der Waals surface area (Å²) in [5.74, 6) is 0. The second-order valence-electron chi connectivity index (χ2n) is 5.01. The Labute approximate surface area is 117 Å². The van der Waals surface area contributed by atoms with Crippen molar-refractivity contribution in [2.75, 3.05) is 13.1 Å². The lowest BCUT2D eigenvalue weighted by atomic mass is 10.1. The number of likely N-dealkylation sites (tertiary alicyclic amines) is 1. The molecule has 2 aromatic rings. The lowest BCUT2D eigenvalue weighted by molar-refractivity contribution is 0.183. The Morgan fingerprint density at radius 3 is 2.74 bits per heavy atom. The molecule has 0 atom stereocenters. The van der Waals surface area contributed by atoms with Crippen LogP contribution in [0.15, 0.2) is 12.5 Å². The van der Waals surface area contributed by atoms with Crippen LogP contribution >= 0.6 is 12.2 Å². The minimum atomic E-state index is 0.847. The van der Waals surface area contributed by atoms with Crippen molar-refractivity contribution in [1.29, 1.82) is 0 Å². The van der Waals surface area contributed by atoms with Gasteiger partial charge >= 0.3 is 0 Å². The Morgan fingerprint density at radius 1 is 1.21 bits per heavy atom. The third-order valence-electron chi connectivity index (χ3n) is 3.79. The van der Waals surface area contributed by atoms with Crippen LogP contribution in [0.2, 0.25) is 0 Å². The third-order valence-corrected chi connectivity index (χ3v) is 4.23. The maximum absolute atomic E-state index is 5.59. The van der Waals surface area contributed by atoms with Crippen LogP contribution < -0.4 is 0 Å². The van der Waals surface area contributed by atoms with E-state index in [-0.39, 0.29) is 0 Å². The van der Waals surface area contributed by atoms with Gasteiger partial charge in [0.1, 0.15) is 11.8 Å². The van der Waals surface area contributed by atoms with Crippen LogP contribution in [0, 0.1) is 4.77 Å². The Morgan fingerprint density at radius 2 is 2.00 bits per heavy atom. The fourth-order valence-corrected chi connectivity index (χ4v) is 3.15. The molecule has 0 aromatic carbocycles. The molecule has 0 saturated carbocycles. The molecule has 19 heavy (non-hydrogen) atoms. The average molecular weight is 277 g/mol. The van der Waals surface area contributed by atoms with E-state index in [9.17, 15) is 0 Å². The fourth-order valence-electron chi connectivity index (χ4n) is 2.78. The molecule has 2 aromatic heterocycles. The number of aryl methyl sites for hydroxylation is 1. The van der Waals surface area contributed by atoms with Gasteiger partial charge in [-0.2, -0.15) is 0 Å². The van der Waals surface area contributed by atoms with Gasteiger partial charge < -0.3 is 9.13 Å². The molecule has 3 rings (SSSR count). The molecule has 0 aliphatic carbocycles. The third kappa shape index (κ3) is 2.30. The quantitative estimate of drug-likeness (QED) is 0.808. The predicted octanol–water partition coefficient (Wildman–Crippen LogP) is 2.43. The van der Waals surface area contributed by atoms with E-state index in [0.29, 0.717) is 0 Å². The normalized spacial score (nSPS) is 17.1. The molecule has 0 N–H and O–H groups in total. The van der Waals surface area contributed by atoms with Crippen molar-refractivity contribution >= 4 is 23.4 Å². The number of imidazole rings is 1. The van der Waals surface area contributed by atoms with Crippen LogP contribution in [0.5, 0.6) is 0 Å². The first-order valence-corrected chi connectivity index (χ1v) is 7.33. The molecule has 0 spiro atoms. The Kier molecular flexibility index (Phi) is 3.61. The largest absolute Gasteiger partial charge is 0.301 e. The van der Waals surface area contributed by atoms with Crippen molar-refractivity contribution in [2.24, 2.45) is 0 Å². The maximum Gasteiger partial charge on any atom is 0.183 e. The summed E-state index contributed by atoms with van der Waals surface area (Å²) in [6.07, 6.45) is 7.39. The van der Waals surface area contributed by atoms with Gasteiger partial charge in [-0.05, 0) is 45.1 Å². The summed E-state index contributed by atoms with van der Waals surface area (Å²) < 4.78 is 5.10. The smallest absolute Gasteiger partial charge is 0.183 e. The molecule has 1 saturated heterocycles. The van der Waals surface area contributed by atoms with Crippen LogP contribution in [0.25, 0.3) is 11.2 Å². The zero-order valence-corrected chi connectivity index (χ0v) is 12.1. The van der Waals surface area contributed by atoms with Gasteiger partial charge in [-0.3, -0.25) is 4.90 Å². The Hall–Kier alpha value is -1.27. The highest BCUT2D eigenvalue weighted by Crippen LogP contribution is 2.17. The van der Waals surface area contributed by atoms with Crippen molar-refractivity contribution in [3.05, 3.63) is 17.3 Å². The highest BCUT2D eigenvalue weighted by molar-refractivity contribution is 7.71. The molecule has 0 radical (unpaired) electrons. The lowest BCUT2D eigenvalue weighted by Crippen LogP contribution is -2.31. The van der Waals surface area contributed by atoms with Crippen LogP contribution in [-0.2, 0) is 13.2 Å². The molecule has 102 valence electrons. The summed E-state index contributed by atoms with van der Waals surface area (Å²) in [6, 6.07) is 0. The van der Waals surface area contributed by atoms with Gasteiger partial charge in [0.15, 0.2) is 10.4 Å². The molecule has 6 heteroatoms. The SMILES string of the molecule is CCn1c(=S)n(CN2CCCCC2)c2cncnc21. The summed E-state index contributed by atoms with van der Waals surface area (Å²) in [7, 11) is 0. The molecule has 0 amide bonds. The minimum absolute atomic E-state index is 0.847. The van der Waals surface area contributed by atoms with Gasteiger partial charge in [-0.25, -0.2) is 9.97 Å². The number of fused-ring (bicyclic) bond motifs is 1. The number of hydrogen-bond donors (Lipinski definition) is 0. The van der Waals surface area contributed by atoms with Crippen LogP contribution in [0.4, 0.5) is 0 Å². The van der Waals surface area contributed by atoms with Gasteiger partial charge in [0.25, 0.3) is 0 Å². The van der Waals surface area contributed by atoms with E-state index in [2.05, 4.69) is 30.9 Å². The summed E-state index contributed by atoms with van der Waals surface area (Å²) >= 11 is 5.59. The summed E-state index contributed by atoms with van der Waals surface area (Å²) in [5.41, 5.74) is 1.99. The van der Waals surface area contributed by atoms with Gasteiger partial charge in [-0.1, -0.05) is 6.42 Å². The number of aromatic nitrogens is 4. The molecule has 3 heterocycles. The molecular weight excluding hydrogens is 258 g/mol. The van der Waals surface area contributed by atoms with Crippen molar-refractivity contribution in [2.45, 2.75) is 39.4 Å². The second-order valence-corrected chi connectivity index (χ2v) is 5.37. The number of hydrogen-bond acceptors (Lipinski definition) is 4. The van der Waals surface area contributed by atoms with Gasteiger partial charge in [0.2, 0.25) is 0 Å². The first kappa shape index (κ1) is 12.7. The monoisotopic (exact) mass is 277 g/mol. The average Bonchev–Trinajstić information content (AvgIpc) is 2.73. The first-order chi connectivity index (χ1) is 9.31. The summed E-state index contributed by atoms with van der Waals surface area (Å²) in [5, 5.41) is 0. The molecule has 5 nitrogen and oxygen atoms in total. The first-order valence-electron chi connectivity index (χ1n) is 6.92. The number of rotatable bonds is 3. The van der Waals surface area contributed by atoms with E-state index in [1.54, 1.807) is 6.33 Å². The molecule has 0 bridgehead atoms. The van der Waals surface area contributed by atoms with E-state index in [4.69, 9.17) is 12.2 Å². The molecule has 0 unspecified atom stereocenters. The molecule has 1 aliphatic heterocycles. The van der Waals surface area contributed by atoms with Crippen molar-refractivity contribution in [3.63, 3.8) is 0 Å². The molecule has 1 fully saturated rings. The molecular formula is C13H19N5S. The van der Waals surface area contributed by atoms with E-state index < -0.39 is 0 Å². The molecule has 1 aliphatic rings. The van der Waals surface area contributed by atoms with Crippen LogP contribution in [-0.4, -0.2) is 37.1 Å². The van der Waals surface area contributed by atoms with E-state index in [0.717, 1.165) is 42.2 Å². The van der Waals surface area contributed by atoms with Crippen LogP contribution in [0.1, 0.15) is 26.2 Å². The topological polar surface area (TPSA) is 38.9 Å². The fraction of sp³-hybridized carbons (Fsp3) is 0.615. The second kappa shape index (κ2) is 5.38. The van der Waals surface area contributed by atoms with E-state index in [1.165, 1.54) is 19.3 Å². The van der Waals surface area contributed by atoms with Crippen molar-refractivity contribution < 1.29 is 0 Å². The maximum atomic E-state index is 5.59. The summed E-state index contributed by atoms with van der Waals surface area (Å²) in [4.78, 5) is 11.0. The standard InChI is InChI=1S/C13H19N5S/c1-2-17-12-11(8-14-9-15-12)18(13(17)19)10-16-6-4-3-5-7-16/h8-9H,2-7,10H2,1H3. The van der Waals surface area contributed by atoms with Gasteiger partial charge in [0.05, 0.1) is 12.9 Å². The van der Waals surface area contributed by atoms with Crippen molar-refractivity contribution in [1.82, 2.24) is 24.0 Å². The van der Waals surface area contributed by atoms with Gasteiger partial charge in [-0.15, -0.1) is 0 Å². The van der Waals surface area contributed by atoms with Crippen molar-refractivity contribution in [3.8, 4) is 0 Å². The number of nitrogens with zero attached hydrogens (tertiary/aromatic N) is 5. The lowest BCUT2D eigenvalue weighted by Gasteiger charge is -2.26. The zero-order chi connectivity index (χ0) is 13.2. The highest BCUT2D eigenvalue weighted by Gasteiger charge is 2.15. The minimum Gasteiger partial charge on any atom is -0.301 e. The van der Waals surface area contributed by atoms with E-state index in [1.807, 2.05) is 6.20 Å². The zero-order valence-electron chi connectivity index (χ0n) is 11.2. The Balaban J connectivity index is 2.02. The predicted molar refractivity (Wildman–Crippen MR) is 77.5 cm³/mol. The highest BCUT2D eigenvalue weighted by atomic mass is 32.1. The Bertz CT molecular complexity index is 623. The summed E-state index contributed by atoms with van der Waals surface area (Å²) in [6.45, 7) is 6.13.